The summed E-state index contributed by atoms with van der Waals surface area (Å²) in [6, 6.07) is 12.0. The number of H-pyrrole nitrogens is 1. The standard InChI is InChI=1S/C23H25N7O2S2/c1-16-4-2-5-17(14-16)22-25-26-23(33)30(22)8-7-20(31)29-11-9-28(10-12-29)15-19-24-21(27-32-19)18-6-3-13-34-18/h2-6,13-14H,7-12,15H2,1H3,(H,26,33). The Morgan fingerprint density at radius 3 is 2.82 bits per heavy atom. The molecule has 1 amide bonds. The molecule has 0 unspecified atom stereocenters. The van der Waals surface area contributed by atoms with E-state index >= 15 is 0 Å². The highest BCUT2D eigenvalue weighted by molar-refractivity contribution is 7.71. The van der Waals surface area contributed by atoms with E-state index in [-0.39, 0.29) is 5.91 Å². The van der Waals surface area contributed by atoms with Crippen LogP contribution in [0.2, 0.25) is 0 Å². The normalized spacial score (nSPS) is 14.6. The largest absolute Gasteiger partial charge is 0.340 e. The summed E-state index contributed by atoms with van der Waals surface area (Å²) in [5.74, 6) is 2.10. The van der Waals surface area contributed by atoms with Crippen molar-refractivity contribution >= 4 is 29.5 Å². The molecule has 0 bridgehead atoms. The van der Waals surface area contributed by atoms with Crippen molar-refractivity contribution in [3.8, 4) is 22.1 Å². The van der Waals surface area contributed by atoms with Crippen molar-refractivity contribution in [3.05, 3.63) is 58.0 Å². The minimum atomic E-state index is 0.121. The summed E-state index contributed by atoms with van der Waals surface area (Å²) in [5, 5.41) is 13.3. The zero-order chi connectivity index (χ0) is 23.5. The van der Waals surface area contributed by atoms with Gasteiger partial charge < -0.3 is 9.42 Å². The summed E-state index contributed by atoms with van der Waals surface area (Å²) in [4.78, 5) is 22.5. The number of piperazine rings is 1. The molecule has 1 fully saturated rings. The molecular formula is C23H25N7O2S2. The molecule has 1 N–H and O–H groups in total. The summed E-state index contributed by atoms with van der Waals surface area (Å²) in [5.41, 5.74) is 2.13. The van der Waals surface area contributed by atoms with Gasteiger partial charge in [-0.3, -0.25) is 19.4 Å². The Morgan fingerprint density at radius 2 is 2.06 bits per heavy atom. The maximum absolute atomic E-state index is 12.9. The third-order valence-electron chi connectivity index (χ3n) is 5.88. The fraction of sp³-hybridized carbons (Fsp3) is 0.348. The highest BCUT2D eigenvalue weighted by Gasteiger charge is 2.23. The number of carbonyl (C=O) groups is 1. The van der Waals surface area contributed by atoms with Crippen molar-refractivity contribution in [1.29, 1.82) is 0 Å². The average Bonchev–Trinajstić information content (AvgIpc) is 3.59. The second-order valence-electron chi connectivity index (χ2n) is 8.27. The number of hydrogen-bond donors (Lipinski definition) is 1. The molecule has 176 valence electrons. The number of aromatic nitrogens is 5. The van der Waals surface area contributed by atoms with Crippen molar-refractivity contribution < 1.29 is 9.32 Å². The first-order valence-electron chi connectivity index (χ1n) is 11.2. The Bertz CT molecular complexity index is 1320. The van der Waals surface area contributed by atoms with Gasteiger partial charge in [0.2, 0.25) is 17.6 Å². The van der Waals surface area contributed by atoms with E-state index in [4.69, 9.17) is 16.7 Å². The van der Waals surface area contributed by atoms with Gasteiger partial charge in [-0.25, -0.2) is 0 Å². The number of hydrogen-bond acceptors (Lipinski definition) is 8. The first kappa shape index (κ1) is 22.6. The molecule has 9 nitrogen and oxygen atoms in total. The molecule has 1 aliphatic heterocycles. The maximum Gasteiger partial charge on any atom is 0.241 e. The minimum Gasteiger partial charge on any atom is -0.340 e. The van der Waals surface area contributed by atoms with Gasteiger partial charge in [-0.2, -0.15) is 10.1 Å². The van der Waals surface area contributed by atoms with Gasteiger partial charge in [0.05, 0.1) is 11.4 Å². The van der Waals surface area contributed by atoms with Crippen LogP contribution in [0.5, 0.6) is 0 Å². The zero-order valence-corrected chi connectivity index (χ0v) is 20.4. The van der Waals surface area contributed by atoms with Gasteiger partial charge in [-0.05, 0) is 36.7 Å². The topological polar surface area (TPSA) is 96.1 Å². The lowest BCUT2D eigenvalue weighted by Crippen LogP contribution is -2.48. The summed E-state index contributed by atoms with van der Waals surface area (Å²) in [6.07, 6.45) is 0.375. The molecule has 34 heavy (non-hydrogen) atoms. The second kappa shape index (κ2) is 10.00. The lowest BCUT2D eigenvalue weighted by atomic mass is 10.1. The van der Waals surface area contributed by atoms with Crippen LogP contribution >= 0.6 is 23.6 Å². The quantitative estimate of drug-likeness (QED) is 0.390. The third kappa shape index (κ3) is 5.01. The highest BCUT2D eigenvalue weighted by atomic mass is 32.1. The van der Waals surface area contributed by atoms with Crippen LogP contribution in [0.15, 0.2) is 46.3 Å². The molecule has 1 saturated heterocycles. The third-order valence-corrected chi connectivity index (χ3v) is 7.05. The van der Waals surface area contributed by atoms with Crippen LogP contribution in [0.3, 0.4) is 0 Å². The Hall–Kier alpha value is -3.15. The molecule has 4 heterocycles. The van der Waals surface area contributed by atoms with E-state index in [1.165, 1.54) is 0 Å². The van der Waals surface area contributed by atoms with Crippen LogP contribution in [0.4, 0.5) is 0 Å². The monoisotopic (exact) mass is 495 g/mol. The molecule has 4 aromatic rings. The number of nitrogens with one attached hydrogen (secondary N) is 1. The van der Waals surface area contributed by atoms with Gasteiger partial charge in [-0.15, -0.1) is 11.3 Å². The predicted molar refractivity (Wildman–Crippen MR) is 132 cm³/mol. The van der Waals surface area contributed by atoms with Gasteiger partial charge >= 0.3 is 0 Å². The number of aryl methyl sites for hydroxylation is 1. The summed E-state index contributed by atoms with van der Waals surface area (Å²) in [7, 11) is 0. The molecule has 0 aliphatic carbocycles. The molecule has 11 heteroatoms. The molecule has 3 aromatic heterocycles. The van der Waals surface area contributed by atoms with Gasteiger partial charge in [-0.1, -0.05) is 35.0 Å². The van der Waals surface area contributed by atoms with Crippen molar-refractivity contribution in [1.82, 2.24) is 34.7 Å². The van der Waals surface area contributed by atoms with E-state index in [0.29, 0.717) is 49.1 Å². The zero-order valence-electron chi connectivity index (χ0n) is 18.8. The van der Waals surface area contributed by atoms with Crippen LogP contribution < -0.4 is 0 Å². The smallest absolute Gasteiger partial charge is 0.241 e. The van der Waals surface area contributed by atoms with Crippen LogP contribution in [0.1, 0.15) is 17.9 Å². The molecule has 0 radical (unpaired) electrons. The van der Waals surface area contributed by atoms with Crippen LogP contribution in [-0.2, 0) is 17.9 Å². The average molecular weight is 496 g/mol. The number of nitrogens with zero attached hydrogens (tertiary/aromatic N) is 6. The minimum absolute atomic E-state index is 0.121. The van der Waals surface area contributed by atoms with E-state index < -0.39 is 0 Å². The van der Waals surface area contributed by atoms with Gasteiger partial charge in [0.15, 0.2) is 10.6 Å². The maximum atomic E-state index is 12.9. The molecule has 0 spiro atoms. The van der Waals surface area contributed by atoms with Crippen LogP contribution in [0, 0.1) is 11.7 Å². The van der Waals surface area contributed by atoms with E-state index in [1.807, 2.05) is 52.1 Å². The van der Waals surface area contributed by atoms with Crippen molar-refractivity contribution in [3.63, 3.8) is 0 Å². The molecule has 1 aromatic carbocycles. The van der Waals surface area contributed by atoms with Crippen LogP contribution in [-0.4, -0.2) is 66.8 Å². The Kier molecular flexibility index (Phi) is 6.66. The summed E-state index contributed by atoms with van der Waals surface area (Å²) < 4.78 is 7.84. The van der Waals surface area contributed by atoms with Crippen molar-refractivity contribution in [2.45, 2.75) is 26.4 Å². The summed E-state index contributed by atoms with van der Waals surface area (Å²) in [6.45, 7) is 6.00. The van der Waals surface area contributed by atoms with Crippen molar-refractivity contribution in [2.75, 3.05) is 26.2 Å². The Balaban J connectivity index is 1.14. The number of rotatable bonds is 7. The van der Waals surface area contributed by atoms with E-state index in [1.54, 1.807) is 11.3 Å². The molecule has 5 rings (SSSR count). The summed E-state index contributed by atoms with van der Waals surface area (Å²) >= 11 is 7.00. The molecule has 1 aliphatic rings. The van der Waals surface area contributed by atoms with Gasteiger partial charge in [0.1, 0.15) is 0 Å². The molecule has 0 atom stereocenters. The van der Waals surface area contributed by atoms with Gasteiger partial charge in [0.25, 0.3) is 0 Å². The molecular weight excluding hydrogens is 470 g/mol. The number of carbonyl (C=O) groups excluding carboxylic acids is 1. The number of benzene rings is 1. The fourth-order valence-electron chi connectivity index (χ4n) is 4.07. The number of amides is 1. The van der Waals surface area contributed by atoms with Crippen LogP contribution in [0.25, 0.3) is 22.1 Å². The lowest BCUT2D eigenvalue weighted by molar-refractivity contribution is -0.133. The number of thiophene rings is 1. The van der Waals surface area contributed by atoms with Gasteiger partial charge in [0, 0.05) is 44.7 Å². The van der Waals surface area contributed by atoms with E-state index in [9.17, 15) is 4.79 Å². The van der Waals surface area contributed by atoms with E-state index in [2.05, 4.69) is 31.3 Å². The first-order chi connectivity index (χ1) is 16.6. The lowest BCUT2D eigenvalue weighted by Gasteiger charge is -2.34. The Morgan fingerprint density at radius 1 is 1.21 bits per heavy atom. The molecule has 0 saturated carbocycles. The highest BCUT2D eigenvalue weighted by Crippen LogP contribution is 2.22. The number of aromatic amines is 1. The van der Waals surface area contributed by atoms with Crippen molar-refractivity contribution in [2.24, 2.45) is 0 Å². The Labute approximate surface area is 206 Å². The second-order valence-corrected chi connectivity index (χ2v) is 9.60. The van der Waals surface area contributed by atoms with E-state index in [0.717, 1.165) is 34.9 Å². The predicted octanol–water partition coefficient (Wildman–Crippen LogP) is 3.76. The SMILES string of the molecule is Cc1cccc(-c2n[nH]c(=S)n2CCC(=O)N2CCN(Cc3nc(-c4cccs4)no3)CC2)c1. The fourth-order valence-corrected chi connectivity index (χ4v) is 4.94. The first-order valence-corrected chi connectivity index (χ1v) is 12.4.